The molecule has 0 radical (unpaired) electrons. The third-order valence-corrected chi connectivity index (χ3v) is 2.82. The molecule has 0 atom stereocenters. The minimum absolute atomic E-state index is 0.280. The molecule has 86 valence electrons. The smallest absolute Gasteiger partial charge is 0.145 e. The minimum atomic E-state index is 0.280. The molecule has 0 aliphatic rings. The van der Waals surface area contributed by atoms with Gasteiger partial charge in [0.15, 0.2) is 0 Å². The van der Waals surface area contributed by atoms with Crippen LogP contribution in [0.1, 0.15) is 30.9 Å². The summed E-state index contributed by atoms with van der Waals surface area (Å²) in [5, 5.41) is 10.1. The minimum Gasteiger partial charge on any atom is -0.494 e. The highest BCUT2D eigenvalue weighted by atomic mass is 16.5. The maximum atomic E-state index is 9.13. The van der Waals surface area contributed by atoms with E-state index in [0.717, 1.165) is 22.2 Å². The first-order valence-electron chi connectivity index (χ1n) is 5.54. The van der Waals surface area contributed by atoms with Gasteiger partial charge in [-0.15, -0.1) is 0 Å². The van der Waals surface area contributed by atoms with Gasteiger partial charge in [0, 0.05) is 11.6 Å². The van der Waals surface area contributed by atoms with Gasteiger partial charge in [-0.1, -0.05) is 26.0 Å². The second-order valence-corrected chi connectivity index (χ2v) is 4.21. The lowest BCUT2D eigenvalue weighted by Gasteiger charge is -2.13. The lowest BCUT2D eigenvalue weighted by Crippen LogP contribution is -1.98. The zero-order valence-corrected chi connectivity index (χ0v) is 10.2. The van der Waals surface area contributed by atoms with Crippen molar-refractivity contribution in [2.45, 2.75) is 19.8 Å². The molecule has 3 heteroatoms. The van der Waals surface area contributed by atoms with Crippen LogP contribution in [0.4, 0.5) is 0 Å². The summed E-state index contributed by atoms with van der Waals surface area (Å²) in [5.41, 5.74) is 2.50. The van der Waals surface area contributed by atoms with Crippen LogP contribution in [-0.4, -0.2) is 12.1 Å². The van der Waals surface area contributed by atoms with Crippen LogP contribution in [0.2, 0.25) is 0 Å². The molecule has 0 spiro atoms. The van der Waals surface area contributed by atoms with Crippen LogP contribution in [0, 0.1) is 11.3 Å². The molecular weight excluding hydrogens is 212 g/mol. The molecule has 0 amide bonds. The summed E-state index contributed by atoms with van der Waals surface area (Å²) in [5.74, 6) is 1.02. The van der Waals surface area contributed by atoms with Gasteiger partial charge in [0.2, 0.25) is 0 Å². The molecule has 0 aliphatic carbocycles. The number of fused-ring (bicyclic) bond motifs is 1. The van der Waals surface area contributed by atoms with Crippen LogP contribution in [0.3, 0.4) is 0 Å². The first-order chi connectivity index (χ1) is 8.19. The molecule has 2 rings (SSSR count). The Morgan fingerprint density at radius 1 is 1.35 bits per heavy atom. The molecule has 2 aromatic rings. The molecule has 0 aliphatic heterocycles. The van der Waals surface area contributed by atoms with E-state index in [9.17, 15) is 0 Å². The van der Waals surface area contributed by atoms with Crippen LogP contribution >= 0.6 is 0 Å². The van der Waals surface area contributed by atoms with Crippen LogP contribution in [0.25, 0.3) is 10.9 Å². The number of benzene rings is 1. The Hall–Kier alpha value is -2.08. The van der Waals surface area contributed by atoms with Gasteiger partial charge in [-0.05, 0) is 17.5 Å². The molecule has 3 nitrogen and oxygen atoms in total. The lowest BCUT2D eigenvalue weighted by molar-refractivity contribution is 0.419. The molecule has 0 fully saturated rings. The van der Waals surface area contributed by atoms with E-state index in [1.54, 1.807) is 13.3 Å². The van der Waals surface area contributed by atoms with Crippen LogP contribution in [-0.2, 0) is 0 Å². The second kappa shape index (κ2) is 4.42. The Balaban J connectivity index is 2.87. The molecule has 17 heavy (non-hydrogen) atoms. The van der Waals surface area contributed by atoms with Crippen molar-refractivity contribution < 1.29 is 4.74 Å². The Bertz CT molecular complexity index is 597. The average molecular weight is 226 g/mol. The van der Waals surface area contributed by atoms with E-state index in [-0.39, 0.29) is 5.92 Å². The van der Waals surface area contributed by atoms with Gasteiger partial charge in [-0.2, -0.15) is 5.26 Å². The molecule has 1 aromatic carbocycles. The van der Waals surface area contributed by atoms with Crippen molar-refractivity contribution in [2.24, 2.45) is 0 Å². The summed E-state index contributed by atoms with van der Waals surface area (Å²) >= 11 is 0. The first-order valence-corrected chi connectivity index (χ1v) is 5.54. The monoisotopic (exact) mass is 226 g/mol. The van der Waals surface area contributed by atoms with E-state index in [1.807, 2.05) is 18.2 Å². The summed E-state index contributed by atoms with van der Waals surface area (Å²) < 4.78 is 5.29. The molecule has 0 unspecified atom stereocenters. The van der Waals surface area contributed by atoms with E-state index in [4.69, 9.17) is 10.00 Å². The van der Waals surface area contributed by atoms with Gasteiger partial charge < -0.3 is 4.74 Å². The molecule has 1 aromatic heterocycles. The lowest BCUT2D eigenvalue weighted by atomic mass is 9.94. The van der Waals surface area contributed by atoms with Gasteiger partial charge >= 0.3 is 0 Å². The number of aromatic nitrogens is 1. The quantitative estimate of drug-likeness (QED) is 0.789. The topological polar surface area (TPSA) is 45.9 Å². The van der Waals surface area contributed by atoms with E-state index in [2.05, 4.69) is 24.9 Å². The largest absolute Gasteiger partial charge is 0.494 e. The van der Waals surface area contributed by atoms with Crippen LogP contribution < -0.4 is 4.74 Å². The average Bonchev–Trinajstić information content (AvgIpc) is 2.36. The van der Waals surface area contributed by atoms with Gasteiger partial charge in [0.25, 0.3) is 0 Å². The highest BCUT2D eigenvalue weighted by molar-refractivity contribution is 5.89. The third-order valence-electron chi connectivity index (χ3n) is 2.82. The highest BCUT2D eigenvalue weighted by Crippen LogP contribution is 2.31. The Labute approximate surface area is 101 Å². The number of methoxy groups -OCH3 is 1. The van der Waals surface area contributed by atoms with Gasteiger partial charge in [-0.25, -0.2) is 0 Å². The van der Waals surface area contributed by atoms with Gasteiger partial charge in [0.1, 0.15) is 17.3 Å². The first kappa shape index (κ1) is 11.4. The van der Waals surface area contributed by atoms with Crippen molar-refractivity contribution in [1.82, 2.24) is 4.98 Å². The van der Waals surface area contributed by atoms with Crippen molar-refractivity contribution in [3.8, 4) is 11.8 Å². The molecule has 0 saturated carbocycles. The zero-order valence-electron chi connectivity index (χ0n) is 10.2. The van der Waals surface area contributed by atoms with Crippen molar-refractivity contribution in [3.63, 3.8) is 0 Å². The Kier molecular flexibility index (Phi) is 2.97. The number of ether oxygens (including phenoxy) is 1. The van der Waals surface area contributed by atoms with Crippen molar-refractivity contribution in [3.05, 3.63) is 35.5 Å². The normalized spacial score (nSPS) is 10.5. The number of hydrogen-bond donors (Lipinski definition) is 0. The number of rotatable bonds is 2. The SMILES string of the molecule is COc1cccc2c(C(C)C)c(C#N)cnc12. The number of nitriles is 1. The summed E-state index contributed by atoms with van der Waals surface area (Å²) in [6.45, 7) is 4.16. The molecule has 1 heterocycles. The Morgan fingerprint density at radius 2 is 2.12 bits per heavy atom. The Morgan fingerprint density at radius 3 is 2.71 bits per heavy atom. The number of pyridine rings is 1. The summed E-state index contributed by atoms with van der Waals surface area (Å²) in [7, 11) is 1.63. The maximum absolute atomic E-state index is 9.13. The fraction of sp³-hybridized carbons (Fsp3) is 0.286. The third kappa shape index (κ3) is 1.83. The second-order valence-electron chi connectivity index (χ2n) is 4.21. The summed E-state index contributed by atoms with van der Waals surface area (Å²) in [6.07, 6.45) is 1.63. The molecule has 0 bridgehead atoms. The van der Waals surface area contributed by atoms with Crippen LogP contribution in [0.5, 0.6) is 5.75 Å². The predicted octanol–water partition coefficient (Wildman–Crippen LogP) is 3.24. The van der Waals surface area contributed by atoms with Crippen molar-refractivity contribution in [1.29, 1.82) is 5.26 Å². The maximum Gasteiger partial charge on any atom is 0.145 e. The summed E-state index contributed by atoms with van der Waals surface area (Å²) in [6, 6.07) is 8.00. The van der Waals surface area contributed by atoms with E-state index in [1.165, 1.54) is 0 Å². The predicted molar refractivity (Wildman–Crippen MR) is 67.1 cm³/mol. The zero-order chi connectivity index (χ0) is 12.4. The van der Waals surface area contributed by atoms with E-state index in [0.29, 0.717) is 5.56 Å². The molecule has 0 N–H and O–H groups in total. The standard InChI is InChI=1S/C14H14N2O/c1-9(2)13-10(7-15)8-16-14-11(13)5-4-6-12(14)17-3/h4-6,8-9H,1-3H3. The summed E-state index contributed by atoms with van der Waals surface area (Å²) in [4.78, 5) is 4.32. The molecular formula is C14H14N2O. The van der Waals surface area contributed by atoms with E-state index >= 15 is 0 Å². The van der Waals surface area contributed by atoms with Crippen LogP contribution in [0.15, 0.2) is 24.4 Å². The van der Waals surface area contributed by atoms with Crippen molar-refractivity contribution in [2.75, 3.05) is 7.11 Å². The fourth-order valence-electron chi connectivity index (χ4n) is 2.09. The van der Waals surface area contributed by atoms with Gasteiger partial charge in [0.05, 0.1) is 12.7 Å². The van der Waals surface area contributed by atoms with Gasteiger partial charge in [-0.3, -0.25) is 4.98 Å². The van der Waals surface area contributed by atoms with E-state index < -0.39 is 0 Å². The number of nitrogens with zero attached hydrogens (tertiary/aromatic N) is 2. The number of hydrogen-bond acceptors (Lipinski definition) is 3. The molecule has 0 saturated heterocycles. The number of para-hydroxylation sites is 1. The fourth-order valence-corrected chi connectivity index (χ4v) is 2.09. The highest BCUT2D eigenvalue weighted by Gasteiger charge is 2.13. The van der Waals surface area contributed by atoms with Crippen molar-refractivity contribution >= 4 is 10.9 Å².